The summed E-state index contributed by atoms with van der Waals surface area (Å²) in [7, 11) is 15.7. The molecule has 18 nitrogen and oxygen atoms in total. The number of aliphatic hydroxyl groups excluding tert-OH is 2. The molecule has 0 aliphatic heterocycles. The molecule has 0 spiro atoms. The number of methoxy groups -OCH3 is 10. The fourth-order valence-electron chi connectivity index (χ4n) is 9.73. The van der Waals surface area contributed by atoms with Crippen molar-refractivity contribution in [3.63, 3.8) is 0 Å². The van der Waals surface area contributed by atoms with Crippen LogP contribution in [0.3, 0.4) is 0 Å². The number of aromatic hydroxyl groups is 2. The average Bonchev–Trinajstić information content (AvgIpc) is 3.75. The third-order valence-electron chi connectivity index (χ3n) is 15.9. The molecule has 0 heterocycles. The van der Waals surface area contributed by atoms with E-state index in [1.807, 2.05) is 86.6 Å². The second-order valence-electron chi connectivity index (χ2n) is 22.4. The third-order valence-corrected chi connectivity index (χ3v) is 15.9. The summed E-state index contributed by atoms with van der Waals surface area (Å²) in [6, 6.07) is 32.5. The predicted octanol–water partition coefficient (Wildman–Crippen LogP) is 11.7. The molecule has 484 valence electrons. The number of Topliss-reactive ketones (excluding diaryl/α,β-unsaturated/α-hetero) is 4. The molecule has 2 atom stereocenters. The number of aliphatic hydroxyl groups is 2. The monoisotopic (exact) mass is 1230 g/mol. The molecular formula is C71H92O18. The number of phenolic OH excluding ortho intramolecular Hbond substituents is 2. The van der Waals surface area contributed by atoms with Crippen molar-refractivity contribution in [3.8, 4) is 69.0 Å². The molecule has 6 rings (SSSR count). The van der Waals surface area contributed by atoms with Gasteiger partial charge in [0.2, 0.25) is 0 Å². The first-order valence-electron chi connectivity index (χ1n) is 29.5. The first kappa shape index (κ1) is 73.0. The average molecular weight is 1230 g/mol. The lowest BCUT2D eigenvalue weighted by molar-refractivity contribution is -0.138. The molecule has 0 saturated heterocycles. The van der Waals surface area contributed by atoms with Crippen molar-refractivity contribution >= 4 is 23.1 Å². The molecule has 0 aromatic heterocycles. The molecule has 0 aliphatic rings. The zero-order valence-corrected chi connectivity index (χ0v) is 54.2. The Kier molecular flexibility index (Phi) is 29.6. The summed E-state index contributed by atoms with van der Waals surface area (Å²) in [6.45, 7) is 7.23. The highest BCUT2D eigenvalue weighted by atomic mass is 16.5. The summed E-state index contributed by atoms with van der Waals surface area (Å²) in [5.41, 5.74) is 4.06. The molecule has 0 bridgehead atoms. The molecule has 0 amide bonds. The lowest BCUT2D eigenvalue weighted by Crippen LogP contribution is -2.41. The zero-order chi connectivity index (χ0) is 65.8. The van der Waals surface area contributed by atoms with E-state index in [4.69, 9.17) is 47.4 Å². The van der Waals surface area contributed by atoms with Crippen molar-refractivity contribution in [1.82, 2.24) is 0 Å². The number of ketones is 4. The maximum atomic E-state index is 12.8. The minimum Gasteiger partial charge on any atom is -0.504 e. The Morgan fingerprint density at radius 2 is 0.573 bits per heavy atom. The normalized spacial score (nSPS) is 11.7. The summed E-state index contributed by atoms with van der Waals surface area (Å²) >= 11 is 0. The molecule has 18 heteroatoms. The first-order valence-corrected chi connectivity index (χ1v) is 29.5. The van der Waals surface area contributed by atoms with Gasteiger partial charge >= 0.3 is 0 Å². The van der Waals surface area contributed by atoms with Gasteiger partial charge in [-0.25, -0.2) is 0 Å². The van der Waals surface area contributed by atoms with Gasteiger partial charge in [-0.15, -0.1) is 0 Å². The summed E-state index contributed by atoms with van der Waals surface area (Å²) in [5, 5.41) is 40.8. The van der Waals surface area contributed by atoms with E-state index in [0.717, 1.165) is 33.4 Å². The molecule has 6 aromatic rings. The number of aryl methyl sites for hydroxylation is 6. The van der Waals surface area contributed by atoms with Crippen LogP contribution in [-0.4, -0.2) is 127 Å². The fourth-order valence-corrected chi connectivity index (χ4v) is 9.73. The Morgan fingerprint density at radius 3 is 0.843 bits per heavy atom. The highest BCUT2D eigenvalue weighted by molar-refractivity contribution is 6.06. The highest BCUT2D eigenvalue weighted by Gasteiger charge is 2.36. The van der Waals surface area contributed by atoms with E-state index in [1.165, 1.54) is 26.4 Å². The van der Waals surface area contributed by atoms with Crippen LogP contribution in [0.2, 0.25) is 0 Å². The maximum Gasteiger partial charge on any atom is 0.160 e. The molecular weight excluding hydrogens is 1140 g/mol. The number of rotatable bonds is 34. The van der Waals surface area contributed by atoms with Crippen molar-refractivity contribution in [1.29, 1.82) is 0 Å². The summed E-state index contributed by atoms with van der Waals surface area (Å²) in [6.07, 6.45) is 4.14. The van der Waals surface area contributed by atoms with Gasteiger partial charge in [0.1, 0.15) is 23.1 Å². The standard InChI is InChI=1S/C25H36O6.C25H32O6.C21H24O6/c2*1-25(2,23(26)13-9-17-7-11-19(28-3)21(15-17)30-5)24(27)14-10-18-8-12-20(29-4)22(16-18)31-6;1-26-20-11-14(5-9-18(20)24)3-7-16(22)13-17(23)8-4-15-6-10-19(25)21(12-15)27-2/h7-8,11-12,15-16,23-24,26-27H,9-10,13-14H2,1-6H3;7-8,11-12,15-16H,9-10,13-14H2,1-6H3;5-6,9-12,24-25H,3-4,7-8,13H2,1-2H3. The summed E-state index contributed by atoms with van der Waals surface area (Å²) in [5.74, 6) is 5.68. The van der Waals surface area contributed by atoms with Gasteiger partial charge in [-0.2, -0.15) is 0 Å². The van der Waals surface area contributed by atoms with E-state index in [2.05, 4.69) is 0 Å². The quantitative estimate of drug-likeness (QED) is 0.0275. The van der Waals surface area contributed by atoms with Crippen LogP contribution >= 0.6 is 0 Å². The number of carbonyl (C=O) groups is 4. The second-order valence-corrected chi connectivity index (χ2v) is 22.4. The fraction of sp³-hybridized carbons (Fsp3) is 0.437. The van der Waals surface area contributed by atoms with Crippen molar-refractivity contribution in [2.75, 3.05) is 71.1 Å². The van der Waals surface area contributed by atoms with Crippen molar-refractivity contribution in [3.05, 3.63) is 143 Å². The van der Waals surface area contributed by atoms with Gasteiger partial charge in [-0.3, -0.25) is 19.2 Å². The lowest BCUT2D eigenvalue weighted by Gasteiger charge is -2.35. The minimum absolute atomic E-state index is 0.0496. The highest BCUT2D eigenvalue weighted by Crippen LogP contribution is 2.36. The Bertz CT molecular complexity index is 3030. The topological polar surface area (TPSA) is 241 Å². The van der Waals surface area contributed by atoms with Gasteiger partial charge in [-0.1, -0.05) is 50.2 Å². The van der Waals surface area contributed by atoms with Gasteiger partial charge < -0.3 is 67.8 Å². The van der Waals surface area contributed by atoms with Crippen LogP contribution in [0.5, 0.6) is 69.0 Å². The van der Waals surface area contributed by atoms with Crippen LogP contribution in [0.4, 0.5) is 0 Å². The van der Waals surface area contributed by atoms with Crippen molar-refractivity contribution in [2.24, 2.45) is 10.8 Å². The molecule has 89 heavy (non-hydrogen) atoms. The number of benzene rings is 6. The minimum atomic E-state index is -1.03. The Balaban J connectivity index is 0.000000286. The van der Waals surface area contributed by atoms with Gasteiger partial charge in [0, 0.05) is 31.1 Å². The summed E-state index contributed by atoms with van der Waals surface area (Å²) in [4.78, 5) is 49.8. The summed E-state index contributed by atoms with van der Waals surface area (Å²) < 4.78 is 52.4. The van der Waals surface area contributed by atoms with E-state index in [9.17, 15) is 39.6 Å². The van der Waals surface area contributed by atoms with Crippen LogP contribution in [0.1, 0.15) is 106 Å². The van der Waals surface area contributed by atoms with Gasteiger partial charge in [0.15, 0.2) is 69.0 Å². The molecule has 2 unspecified atom stereocenters. The number of phenols is 2. The van der Waals surface area contributed by atoms with Gasteiger partial charge in [0.25, 0.3) is 0 Å². The first-order chi connectivity index (χ1) is 42.4. The van der Waals surface area contributed by atoms with Gasteiger partial charge in [-0.05, 0) is 171 Å². The van der Waals surface area contributed by atoms with E-state index >= 15 is 0 Å². The predicted molar refractivity (Wildman–Crippen MR) is 342 cm³/mol. The number of ether oxygens (including phenoxy) is 10. The molecule has 0 radical (unpaired) electrons. The second kappa shape index (κ2) is 36.1. The zero-order valence-electron chi connectivity index (χ0n) is 54.2. The molecule has 6 aromatic carbocycles. The molecule has 0 aliphatic carbocycles. The van der Waals surface area contributed by atoms with Crippen LogP contribution in [0.25, 0.3) is 0 Å². The van der Waals surface area contributed by atoms with Crippen LogP contribution < -0.4 is 47.4 Å². The van der Waals surface area contributed by atoms with Crippen molar-refractivity contribution in [2.45, 2.75) is 123 Å². The van der Waals surface area contributed by atoms with Gasteiger partial charge in [0.05, 0.1) is 95.1 Å². The largest absolute Gasteiger partial charge is 0.504 e. The molecule has 0 fully saturated rings. The Morgan fingerprint density at radius 1 is 0.337 bits per heavy atom. The van der Waals surface area contributed by atoms with E-state index in [1.54, 1.807) is 95.0 Å². The molecule has 4 N–H and O–H groups in total. The van der Waals surface area contributed by atoms with Crippen LogP contribution in [0.15, 0.2) is 109 Å². The van der Waals surface area contributed by atoms with Crippen LogP contribution in [0, 0.1) is 10.8 Å². The molecule has 0 saturated carbocycles. The van der Waals surface area contributed by atoms with E-state index in [0.29, 0.717) is 109 Å². The SMILES string of the molecule is COc1cc(CCC(=O)CC(=O)CCc2ccc(O)c(OC)c2)ccc1O.COc1ccc(CCC(=O)C(C)(C)C(=O)CCc2ccc(OC)c(OC)c2)cc1OC.COc1ccc(CCC(O)C(C)(C)C(O)CCc2ccc(OC)c(OC)c2)cc1OC. The van der Waals surface area contributed by atoms with Crippen LogP contribution in [-0.2, 0) is 57.7 Å². The number of hydrogen-bond donors (Lipinski definition) is 4. The Hall–Kier alpha value is -8.48. The van der Waals surface area contributed by atoms with Crippen molar-refractivity contribution < 1.29 is 87.0 Å². The number of carbonyl (C=O) groups excluding carboxylic acids is 4. The smallest absolute Gasteiger partial charge is 0.160 e. The van der Waals surface area contributed by atoms with E-state index < -0.39 is 23.0 Å². The van der Waals surface area contributed by atoms with E-state index in [-0.39, 0.29) is 66.7 Å². The Labute approximate surface area is 524 Å². The third kappa shape index (κ3) is 22.0. The lowest BCUT2D eigenvalue weighted by atomic mass is 9.76. The number of hydrogen-bond acceptors (Lipinski definition) is 18. The maximum absolute atomic E-state index is 12.8.